The van der Waals surface area contributed by atoms with E-state index in [1.165, 1.54) is 9.50 Å². The van der Waals surface area contributed by atoms with Gasteiger partial charge in [0, 0.05) is 30.0 Å². The van der Waals surface area contributed by atoms with Crippen LogP contribution in [0, 0.1) is 0 Å². The van der Waals surface area contributed by atoms with Crippen molar-refractivity contribution in [1.82, 2.24) is 30.1 Å². The lowest BCUT2D eigenvalue weighted by atomic mass is 9.98. The molecule has 1 aliphatic rings. The molecule has 0 bridgehead atoms. The number of nitrogens with zero attached hydrogens (tertiary/aromatic N) is 6. The molecule has 1 saturated heterocycles. The number of carbonyl (C=O) groups excluding carboxylic acids is 1. The average molecular weight is 411 g/mol. The van der Waals surface area contributed by atoms with Gasteiger partial charge in [-0.1, -0.05) is 12.1 Å². The molecule has 0 aliphatic carbocycles. The summed E-state index contributed by atoms with van der Waals surface area (Å²) in [4.78, 5) is 20.9. The van der Waals surface area contributed by atoms with Gasteiger partial charge in [-0.25, -0.2) is 4.98 Å². The largest absolute Gasteiger partial charge is 0.340 e. The van der Waals surface area contributed by atoms with Gasteiger partial charge < -0.3 is 4.90 Å². The van der Waals surface area contributed by atoms with Crippen LogP contribution in [0.1, 0.15) is 23.8 Å². The van der Waals surface area contributed by atoms with E-state index in [9.17, 15) is 4.79 Å². The van der Waals surface area contributed by atoms with Crippen LogP contribution in [-0.4, -0.2) is 49.1 Å². The van der Waals surface area contributed by atoms with Crippen LogP contribution in [0.5, 0.6) is 0 Å². The second kappa shape index (κ2) is 7.40. The summed E-state index contributed by atoms with van der Waals surface area (Å²) in [5, 5.41) is 17.5. The van der Waals surface area contributed by atoms with Crippen LogP contribution in [0.2, 0.25) is 0 Å². The Hall–Kier alpha value is -2.65. The lowest BCUT2D eigenvalue weighted by molar-refractivity contribution is -0.133. The first-order valence-corrected chi connectivity index (χ1v) is 11.0. The average Bonchev–Trinajstić information content (AvgIpc) is 3.47. The van der Waals surface area contributed by atoms with E-state index in [-0.39, 0.29) is 12.5 Å². The molecule has 0 radical (unpaired) electrons. The van der Waals surface area contributed by atoms with Gasteiger partial charge in [0.1, 0.15) is 6.54 Å². The SMILES string of the molecule is O=C(Cn1nnc(-c2ccsc2)n1)N1CCC[C@@H](c2nc3ccccc3s2)C1. The van der Waals surface area contributed by atoms with Crippen LogP contribution in [0.3, 0.4) is 0 Å². The topological polar surface area (TPSA) is 76.8 Å². The van der Waals surface area contributed by atoms with E-state index in [1.54, 1.807) is 22.7 Å². The van der Waals surface area contributed by atoms with Crippen LogP contribution >= 0.6 is 22.7 Å². The Balaban J connectivity index is 1.27. The molecule has 5 rings (SSSR count). The number of rotatable bonds is 4. The van der Waals surface area contributed by atoms with Gasteiger partial charge in [0.05, 0.1) is 15.2 Å². The highest BCUT2D eigenvalue weighted by atomic mass is 32.1. The van der Waals surface area contributed by atoms with Gasteiger partial charge in [-0.2, -0.15) is 16.1 Å². The monoisotopic (exact) mass is 410 g/mol. The third kappa shape index (κ3) is 3.43. The second-order valence-corrected chi connectivity index (χ2v) is 8.70. The molecule has 0 spiro atoms. The first-order valence-electron chi connectivity index (χ1n) is 9.20. The van der Waals surface area contributed by atoms with Gasteiger partial charge in [-0.05, 0) is 41.6 Å². The highest BCUT2D eigenvalue weighted by molar-refractivity contribution is 7.18. The summed E-state index contributed by atoms with van der Waals surface area (Å²) >= 11 is 3.32. The standard InChI is InChI=1S/C19H18N6OS2/c26-17(11-25-22-18(21-23-25)14-7-9-27-12-14)24-8-3-4-13(10-24)19-20-15-5-1-2-6-16(15)28-19/h1-2,5-7,9,12-13H,3-4,8,10-11H2/t13-/m1/s1. The van der Waals surface area contributed by atoms with Crippen molar-refractivity contribution in [2.75, 3.05) is 13.1 Å². The highest BCUT2D eigenvalue weighted by Crippen LogP contribution is 2.33. The van der Waals surface area contributed by atoms with Crippen molar-refractivity contribution in [3.8, 4) is 11.4 Å². The number of aromatic nitrogens is 5. The summed E-state index contributed by atoms with van der Waals surface area (Å²) in [7, 11) is 0. The molecule has 3 aromatic heterocycles. The molecule has 7 nitrogen and oxygen atoms in total. The maximum atomic E-state index is 12.8. The maximum absolute atomic E-state index is 12.8. The molecule has 0 saturated carbocycles. The summed E-state index contributed by atoms with van der Waals surface area (Å²) in [6, 6.07) is 10.1. The predicted molar refractivity (Wildman–Crippen MR) is 109 cm³/mol. The van der Waals surface area contributed by atoms with Gasteiger partial charge in [-0.15, -0.1) is 21.5 Å². The number of hydrogen-bond donors (Lipinski definition) is 0. The zero-order valence-electron chi connectivity index (χ0n) is 15.1. The molecule has 1 aliphatic heterocycles. The number of fused-ring (bicyclic) bond motifs is 1. The molecular formula is C19H18N6OS2. The summed E-state index contributed by atoms with van der Waals surface area (Å²) in [6.45, 7) is 1.58. The Morgan fingerprint density at radius 1 is 1.25 bits per heavy atom. The van der Waals surface area contributed by atoms with Crippen LogP contribution in [0.15, 0.2) is 41.1 Å². The number of carbonyl (C=O) groups is 1. The van der Waals surface area contributed by atoms with Crippen molar-refractivity contribution >= 4 is 38.8 Å². The van der Waals surface area contributed by atoms with Gasteiger partial charge >= 0.3 is 0 Å². The zero-order chi connectivity index (χ0) is 18.9. The minimum absolute atomic E-state index is 0.0279. The van der Waals surface area contributed by atoms with Gasteiger partial charge in [0.2, 0.25) is 11.7 Å². The molecule has 142 valence electrons. The van der Waals surface area contributed by atoms with Crippen molar-refractivity contribution in [1.29, 1.82) is 0 Å². The number of thiophene rings is 1. The fraction of sp³-hybridized carbons (Fsp3) is 0.316. The van der Waals surface area contributed by atoms with Crippen LogP contribution < -0.4 is 0 Å². The minimum atomic E-state index is 0.0279. The smallest absolute Gasteiger partial charge is 0.246 e. The summed E-state index contributed by atoms with van der Waals surface area (Å²) in [6.07, 6.45) is 2.05. The molecule has 0 unspecified atom stereocenters. The number of para-hydroxylation sites is 1. The minimum Gasteiger partial charge on any atom is -0.340 e. The van der Waals surface area contributed by atoms with Crippen molar-refractivity contribution in [2.45, 2.75) is 25.3 Å². The van der Waals surface area contributed by atoms with E-state index in [1.807, 2.05) is 39.9 Å². The van der Waals surface area contributed by atoms with Crippen LogP contribution in [0.4, 0.5) is 0 Å². The number of benzene rings is 1. The molecular weight excluding hydrogens is 392 g/mol. The van der Waals surface area contributed by atoms with Gasteiger partial charge in [-0.3, -0.25) is 4.79 Å². The van der Waals surface area contributed by atoms with Crippen molar-refractivity contribution in [3.05, 3.63) is 46.1 Å². The van der Waals surface area contributed by atoms with E-state index in [2.05, 4.69) is 21.5 Å². The summed E-state index contributed by atoms with van der Waals surface area (Å²) in [5.74, 6) is 0.875. The fourth-order valence-corrected chi connectivity index (χ4v) is 5.24. The van der Waals surface area contributed by atoms with Gasteiger partial charge in [0.15, 0.2) is 0 Å². The highest BCUT2D eigenvalue weighted by Gasteiger charge is 2.27. The molecule has 1 fully saturated rings. The Labute approximate surface area is 169 Å². The first kappa shape index (κ1) is 17.4. The number of thiazole rings is 1. The van der Waals surface area contributed by atoms with Crippen molar-refractivity contribution in [2.24, 2.45) is 0 Å². The normalized spacial score (nSPS) is 17.3. The Morgan fingerprint density at radius 2 is 2.18 bits per heavy atom. The Bertz CT molecular complexity index is 1070. The van der Waals surface area contributed by atoms with E-state index in [4.69, 9.17) is 4.98 Å². The number of amides is 1. The van der Waals surface area contributed by atoms with Crippen LogP contribution in [-0.2, 0) is 11.3 Å². The van der Waals surface area contributed by atoms with Crippen molar-refractivity contribution < 1.29 is 4.79 Å². The second-order valence-electron chi connectivity index (χ2n) is 6.85. The Morgan fingerprint density at radius 3 is 3.04 bits per heavy atom. The van der Waals surface area contributed by atoms with Crippen LogP contribution in [0.25, 0.3) is 21.6 Å². The zero-order valence-corrected chi connectivity index (χ0v) is 16.7. The fourth-order valence-electron chi connectivity index (χ4n) is 3.51. The number of tetrazole rings is 1. The molecule has 1 amide bonds. The Kier molecular flexibility index (Phi) is 4.61. The molecule has 28 heavy (non-hydrogen) atoms. The van der Waals surface area contributed by atoms with E-state index in [0.717, 1.165) is 35.5 Å². The van der Waals surface area contributed by atoms with Crippen molar-refractivity contribution in [3.63, 3.8) is 0 Å². The molecule has 4 aromatic rings. The molecule has 9 heteroatoms. The van der Waals surface area contributed by atoms with E-state index < -0.39 is 0 Å². The molecule has 1 aromatic carbocycles. The maximum Gasteiger partial charge on any atom is 0.246 e. The summed E-state index contributed by atoms with van der Waals surface area (Å²) in [5.41, 5.74) is 1.97. The third-order valence-corrected chi connectivity index (χ3v) is 6.82. The number of likely N-dealkylation sites (tertiary alicyclic amines) is 1. The van der Waals surface area contributed by atoms with Gasteiger partial charge in [0.25, 0.3) is 0 Å². The molecule has 1 atom stereocenters. The third-order valence-electron chi connectivity index (χ3n) is 4.94. The number of hydrogen-bond acceptors (Lipinski definition) is 7. The van der Waals surface area contributed by atoms with E-state index in [0.29, 0.717) is 18.3 Å². The lowest BCUT2D eigenvalue weighted by Crippen LogP contribution is -2.41. The molecule has 4 heterocycles. The molecule has 0 N–H and O–H groups in total. The quantitative estimate of drug-likeness (QED) is 0.515. The first-order chi connectivity index (χ1) is 13.8. The summed E-state index contributed by atoms with van der Waals surface area (Å²) < 4.78 is 1.20. The number of piperidine rings is 1. The van der Waals surface area contributed by atoms with E-state index >= 15 is 0 Å². The lowest BCUT2D eigenvalue weighted by Gasteiger charge is -2.31. The predicted octanol–water partition coefficient (Wildman–Crippen LogP) is 3.42.